The smallest absolute Gasteiger partial charge is 0.422 e. The topological polar surface area (TPSA) is 80.3 Å². The van der Waals surface area contributed by atoms with Crippen LogP contribution >= 0.6 is 0 Å². The number of nitrogens with one attached hydrogen (secondary N) is 2. The number of rotatable bonds is 7. The van der Waals surface area contributed by atoms with Gasteiger partial charge in [0, 0.05) is 24.2 Å². The lowest BCUT2D eigenvalue weighted by molar-refractivity contribution is -0.153. The first-order valence-corrected chi connectivity index (χ1v) is 9.05. The molecule has 0 saturated heterocycles. The summed E-state index contributed by atoms with van der Waals surface area (Å²) in [5.74, 6) is 0.0301. The molecule has 1 aliphatic rings. The fraction of sp³-hybridized carbons (Fsp3) is 0.350. The number of anilines is 1. The second kappa shape index (κ2) is 8.50. The van der Waals surface area contributed by atoms with Gasteiger partial charge in [-0.05, 0) is 49.1 Å². The number of carbonyl (C=O) groups is 2. The molecule has 0 aliphatic heterocycles. The van der Waals surface area contributed by atoms with Gasteiger partial charge in [0.15, 0.2) is 6.61 Å². The molecule has 2 amide bonds. The summed E-state index contributed by atoms with van der Waals surface area (Å²) >= 11 is 0. The minimum Gasteiger partial charge on any atom is -0.484 e. The molecule has 1 heterocycles. The number of ether oxygens (including phenoxy) is 1. The molecule has 0 radical (unpaired) electrons. The van der Waals surface area contributed by atoms with Crippen molar-refractivity contribution in [1.82, 2.24) is 10.3 Å². The van der Waals surface area contributed by atoms with Gasteiger partial charge in [0.05, 0.1) is 0 Å². The van der Waals surface area contributed by atoms with E-state index >= 15 is 0 Å². The van der Waals surface area contributed by atoms with Crippen LogP contribution in [0, 0.1) is 12.8 Å². The number of hydrogen-bond acceptors (Lipinski definition) is 4. The Hall–Kier alpha value is -3.10. The van der Waals surface area contributed by atoms with E-state index in [1.165, 1.54) is 24.4 Å². The Balaban J connectivity index is 1.56. The molecular formula is C20H20F3N3O3. The van der Waals surface area contributed by atoms with E-state index in [0.29, 0.717) is 22.5 Å². The first-order valence-electron chi connectivity index (χ1n) is 9.05. The number of amides is 2. The lowest BCUT2D eigenvalue weighted by Gasteiger charge is -2.13. The van der Waals surface area contributed by atoms with Crippen LogP contribution < -0.4 is 15.4 Å². The summed E-state index contributed by atoms with van der Waals surface area (Å²) in [6, 6.07) is 7.71. The molecule has 0 bridgehead atoms. The second-order valence-electron chi connectivity index (χ2n) is 6.88. The van der Waals surface area contributed by atoms with Gasteiger partial charge in [-0.15, -0.1) is 0 Å². The molecule has 1 aromatic carbocycles. The van der Waals surface area contributed by atoms with E-state index < -0.39 is 12.8 Å². The monoisotopic (exact) mass is 407 g/mol. The van der Waals surface area contributed by atoms with Gasteiger partial charge < -0.3 is 15.4 Å². The fourth-order valence-electron chi connectivity index (χ4n) is 2.64. The van der Waals surface area contributed by atoms with E-state index in [1.54, 1.807) is 19.1 Å². The maximum absolute atomic E-state index is 12.4. The van der Waals surface area contributed by atoms with Gasteiger partial charge in [-0.2, -0.15) is 13.2 Å². The maximum Gasteiger partial charge on any atom is 0.422 e. The summed E-state index contributed by atoms with van der Waals surface area (Å²) < 4.78 is 41.6. The molecule has 6 nitrogen and oxygen atoms in total. The summed E-state index contributed by atoms with van der Waals surface area (Å²) in [6.07, 6.45) is -1.23. The highest BCUT2D eigenvalue weighted by atomic mass is 19.4. The van der Waals surface area contributed by atoms with Gasteiger partial charge in [-0.1, -0.05) is 12.1 Å². The van der Waals surface area contributed by atoms with E-state index in [1.807, 2.05) is 0 Å². The molecule has 29 heavy (non-hydrogen) atoms. The summed E-state index contributed by atoms with van der Waals surface area (Å²) in [5, 5.41) is 5.42. The van der Waals surface area contributed by atoms with Crippen LogP contribution in [-0.4, -0.2) is 29.6 Å². The summed E-state index contributed by atoms with van der Waals surface area (Å²) in [5.41, 5.74) is 1.59. The van der Waals surface area contributed by atoms with E-state index in [9.17, 15) is 22.8 Å². The van der Waals surface area contributed by atoms with Crippen LogP contribution in [0.1, 0.15) is 34.3 Å². The van der Waals surface area contributed by atoms with Gasteiger partial charge in [-0.25, -0.2) is 4.98 Å². The number of hydrogen-bond donors (Lipinski definition) is 2. The van der Waals surface area contributed by atoms with Crippen molar-refractivity contribution in [3.8, 4) is 5.75 Å². The highest BCUT2D eigenvalue weighted by Crippen LogP contribution is 2.30. The zero-order valence-corrected chi connectivity index (χ0v) is 15.7. The van der Waals surface area contributed by atoms with Crippen LogP contribution in [0.2, 0.25) is 0 Å². The van der Waals surface area contributed by atoms with Crippen molar-refractivity contribution in [3.63, 3.8) is 0 Å². The fourth-order valence-corrected chi connectivity index (χ4v) is 2.64. The Labute approximate surface area is 165 Å². The number of halogens is 3. The highest BCUT2D eigenvalue weighted by Gasteiger charge is 2.30. The zero-order valence-electron chi connectivity index (χ0n) is 15.7. The molecule has 1 aromatic heterocycles. The molecular weight excluding hydrogens is 387 g/mol. The predicted octanol–water partition coefficient (Wildman–Crippen LogP) is 3.61. The minimum absolute atomic E-state index is 0.0283. The second-order valence-corrected chi connectivity index (χ2v) is 6.88. The Morgan fingerprint density at radius 3 is 2.62 bits per heavy atom. The van der Waals surface area contributed by atoms with E-state index in [4.69, 9.17) is 4.74 Å². The van der Waals surface area contributed by atoms with Crippen LogP contribution in [0.4, 0.5) is 19.0 Å². The number of aromatic nitrogens is 1. The van der Waals surface area contributed by atoms with Crippen LogP contribution in [-0.2, 0) is 11.3 Å². The number of carbonyl (C=O) groups excluding carboxylic acids is 2. The van der Waals surface area contributed by atoms with E-state index in [-0.39, 0.29) is 30.0 Å². The van der Waals surface area contributed by atoms with Crippen molar-refractivity contribution >= 4 is 17.6 Å². The maximum atomic E-state index is 12.4. The summed E-state index contributed by atoms with van der Waals surface area (Å²) in [4.78, 5) is 28.2. The molecule has 2 N–H and O–H groups in total. The molecule has 9 heteroatoms. The van der Waals surface area contributed by atoms with Crippen molar-refractivity contribution in [2.75, 3.05) is 11.9 Å². The van der Waals surface area contributed by atoms with Crippen molar-refractivity contribution in [3.05, 3.63) is 53.2 Å². The third-order valence-corrected chi connectivity index (χ3v) is 4.31. The SMILES string of the molecule is Cc1cc(CNC(=O)c2ccnc(NC(=O)C3CC3)c2)ccc1OCC(F)(F)F. The molecule has 0 unspecified atom stereocenters. The predicted molar refractivity (Wildman–Crippen MR) is 99.5 cm³/mol. The Bertz CT molecular complexity index is 911. The average molecular weight is 407 g/mol. The third kappa shape index (κ3) is 6.20. The average Bonchev–Trinajstić information content (AvgIpc) is 3.50. The van der Waals surface area contributed by atoms with Crippen molar-refractivity contribution in [1.29, 1.82) is 0 Å². The molecule has 1 aliphatic carbocycles. The molecule has 0 spiro atoms. The Kier molecular flexibility index (Phi) is 6.05. The number of aryl methyl sites for hydroxylation is 1. The van der Waals surface area contributed by atoms with Crippen LogP contribution in [0.3, 0.4) is 0 Å². The first kappa shape index (κ1) is 20.6. The summed E-state index contributed by atoms with van der Waals surface area (Å²) in [7, 11) is 0. The number of pyridine rings is 1. The zero-order chi connectivity index (χ0) is 21.0. The molecule has 3 rings (SSSR count). The standard InChI is InChI=1S/C20H20F3N3O3/c1-12-8-13(2-5-16(12)29-11-20(21,22)23)10-25-18(27)15-6-7-24-17(9-15)26-19(28)14-3-4-14/h2,5-9,14H,3-4,10-11H2,1H3,(H,25,27)(H,24,26,28). The van der Waals surface area contributed by atoms with Gasteiger partial charge in [0.2, 0.25) is 5.91 Å². The van der Waals surface area contributed by atoms with Crippen LogP contribution in [0.15, 0.2) is 36.5 Å². The molecule has 2 aromatic rings. The van der Waals surface area contributed by atoms with Gasteiger partial charge >= 0.3 is 6.18 Å². The minimum atomic E-state index is -4.40. The molecule has 1 saturated carbocycles. The largest absolute Gasteiger partial charge is 0.484 e. The number of nitrogens with zero attached hydrogens (tertiary/aromatic N) is 1. The quantitative estimate of drug-likeness (QED) is 0.735. The van der Waals surface area contributed by atoms with Crippen LogP contribution in [0.5, 0.6) is 5.75 Å². The van der Waals surface area contributed by atoms with Crippen molar-refractivity contribution < 1.29 is 27.5 Å². The van der Waals surface area contributed by atoms with Crippen molar-refractivity contribution in [2.45, 2.75) is 32.5 Å². The molecule has 1 fully saturated rings. The van der Waals surface area contributed by atoms with Crippen molar-refractivity contribution in [2.24, 2.45) is 5.92 Å². The van der Waals surface area contributed by atoms with E-state index in [2.05, 4.69) is 15.6 Å². The van der Waals surface area contributed by atoms with Crippen LogP contribution in [0.25, 0.3) is 0 Å². The highest BCUT2D eigenvalue weighted by molar-refractivity contribution is 5.97. The normalized spacial score (nSPS) is 13.7. The first-order chi connectivity index (χ1) is 13.7. The molecule has 0 atom stereocenters. The van der Waals surface area contributed by atoms with Gasteiger partial charge in [-0.3, -0.25) is 9.59 Å². The third-order valence-electron chi connectivity index (χ3n) is 4.31. The summed E-state index contributed by atoms with van der Waals surface area (Å²) in [6.45, 7) is 0.464. The number of alkyl halides is 3. The van der Waals surface area contributed by atoms with E-state index in [0.717, 1.165) is 12.8 Å². The van der Waals surface area contributed by atoms with Gasteiger partial charge in [0.1, 0.15) is 11.6 Å². The molecule has 154 valence electrons. The lowest BCUT2D eigenvalue weighted by atomic mass is 10.1. The number of benzene rings is 1. The Morgan fingerprint density at radius 1 is 1.21 bits per heavy atom. The Morgan fingerprint density at radius 2 is 1.97 bits per heavy atom. The van der Waals surface area contributed by atoms with Gasteiger partial charge in [0.25, 0.3) is 5.91 Å². The lowest BCUT2D eigenvalue weighted by Crippen LogP contribution is -2.23.